The van der Waals surface area contributed by atoms with Gasteiger partial charge in [0.05, 0.1) is 0 Å². The van der Waals surface area contributed by atoms with E-state index < -0.39 is 0 Å². The number of halogens is 1. The van der Waals surface area contributed by atoms with E-state index in [0.717, 1.165) is 0 Å². The van der Waals surface area contributed by atoms with Crippen LogP contribution in [-0.2, 0) is 19.4 Å². The summed E-state index contributed by atoms with van der Waals surface area (Å²) in [5.41, 5.74) is 0. The van der Waals surface area contributed by atoms with Gasteiger partial charge < -0.3 is 0 Å². The first-order valence-electron chi connectivity index (χ1n) is 0.911. The van der Waals surface area contributed by atoms with Crippen molar-refractivity contribution < 1.29 is 19.4 Å². The maximum absolute atomic E-state index is 5.15. The number of hydrogen-bond acceptors (Lipinski definition) is 0. The fraction of sp³-hybridized carbons (Fsp3) is 0.500. The normalized spacial score (nSPS) is 6.25. The van der Waals surface area contributed by atoms with Gasteiger partial charge in [-0.1, -0.05) is 0 Å². The minimum atomic E-state index is 0.704. The molecule has 0 heterocycles. The summed E-state index contributed by atoms with van der Waals surface area (Å²) in [6.07, 6.45) is 0. The zero-order valence-electron chi connectivity index (χ0n) is 2.07. The average Bonchev–Trinajstić information content (AvgIpc) is 1.37. The molecule has 0 nitrogen and oxygen atoms in total. The molecule has 0 aliphatic rings. The van der Waals surface area contributed by atoms with E-state index in [0.29, 0.717) is 5.88 Å². The van der Waals surface area contributed by atoms with Crippen LogP contribution in [0.25, 0.3) is 0 Å². The summed E-state index contributed by atoms with van der Waals surface area (Å²) < 4.78 is 1.97. The Kier molecular flexibility index (Phi) is 4.66. The molecule has 2 heteroatoms. The van der Waals surface area contributed by atoms with E-state index in [1.54, 1.807) is 0 Å². The Morgan fingerprint density at radius 2 is 2.25 bits per heavy atom. The van der Waals surface area contributed by atoms with Crippen molar-refractivity contribution in [1.82, 2.24) is 0 Å². The Morgan fingerprint density at radius 3 is 2.25 bits per heavy atom. The molecule has 0 unspecified atom stereocenters. The first-order valence-corrected chi connectivity index (χ1v) is 3.14. The van der Waals surface area contributed by atoms with E-state index in [9.17, 15) is 0 Å². The number of rotatable bonds is 1. The van der Waals surface area contributed by atoms with Crippen molar-refractivity contribution in [3.63, 3.8) is 0 Å². The van der Waals surface area contributed by atoms with Crippen LogP contribution in [0.5, 0.6) is 0 Å². The van der Waals surface area contributed by atoms with Gasteiger partial charge in [-0.15, -0.1) is 0 Å². The third-order valence-corrected chi connectivity index (χ3v) is 1.55. The molecular formula is C2H3ClW. The van der Waals surface area contributed by atoms with Crippen molar-refractivity contribution in [2.45, 2.75) is 0 Å². The molecule has 0 rings (SSSR count). The first kappa shape index (κ1) is 4.85. The molecule has 0 saturated carbocycles. The summed E-state index contributed by atoms with van der Waals surface area (Å²) in [5, 5.41) is 0. The van der Waals surface area contributed by atoms with Crippen LogP contribution in [0.15, 0.2) is 0 Å². The summed E-state index contributed by atoms with van der Waals surface area (Å²) in [5.74, 6) is 0.704. The summed E-state index contributed by atoms with van der Waals surface area (Å²) in [7, 11) is 0. The van der Waals surface area contributed by atoms with Crippen molar-refractivity contribution in [3.8, 4) is 0 Å². The van der Waals surface area contributed by atoms with Gasteiger partial charge >= 0.3 is 41.2 Å². The van der Waals surface area contributed by atoms with Gasteiger partial charge in [-0.25, -0.2) is 0 Å². The molecule has 24 valence electrons. The van der Waals surface area contributed by atoms with Crippen LogP contribution >= 0.6 is 11.6 Å². The molecule has 0 fully saturated rings. The van der Waals surface area contributed by atoms with Crippen molar-refractivity contribution in [2.75, 3.05) is 5.88 Å². The van der Waals surface area contributed by atoms with Gasteiger partial charge in [0.15, 0.2) is 0 Å². The Hall–Kier alpha value is 0.848. The Balaban J connectivity index is 2.30. The van der Waals surface area contributed by atoms with Crippen LogP contribution in [0.2, 0.25) is 0 Å². The Bertz CT molecular complexity index is 20.0. The van der Waals surface area contributed by atoms with Gasteiger partial charge in [0.1, 0.15) is 0 Å². The molecule has 4 heavy (non-hydrogen) atoms. The van der Waals surface area contributed by atoms with E-state index in [1.807, 2.05) is 4.40 Å². The van der Waals surface area contributed by atoms with E-state index >= 15 is 0 Å². The van der Waals surface area contributed by atoms with Gasteiger partial charge in [-0.05, 0) is 0 Å². The topological polar surface area (TPSA) is 0 Å². The molecule has 0 saturated heterocycles. The zero-order chi connectivity index (χ0) is 3.41. The fourth-order valence-corrected chi connectivity index (χ4v) is 0. The molecule has 0 aromatic rings. The monoisotopic (exact) mass is 246 g/mol. The maximum atomic E-state index is 5.15. The van der Waals surface area contributed by atoms with Gasteiger partial charge in [0, 0.05) is 0 Å². The average molecular weight is 246 g/mol. The van der Waals surface area contributed by atoms with E-state index in [1.165, 1.54) is 19.4 Å². The third kappa shape index (κ3) is 2.85. The molecule has 0 radical (unpaired) electrons. The second-order valence-electron chi connectivity index (χ2n) is 0.321. The number of hydrogen-bond donors (Lipinski definition) is 0. The molecule has 0 amide bonds. The summed E-state index contributed by atoms with van der Waals surface area (Å²) in [6.45, 7) is 0. The predicted octanol–water partition coefficient (Wildman–Crippen LogP) is 0.574. The second kappa shape index (κ2) is 3.85. The molecule has 0 N–H and O–H groups in total. The molecule has 0 aliphatic carbocycles. The third-order valence-electron chi connectivity index (χ3n) is 0.0630. The predicted molar refractivity (Wildman–Crippen MR) is 16.8 cm³/mol. The van der Waals surface area contributed by atoms with Crippen LogP contribution in [0.3, 0.4) is 0 Å². The quantitative estimate of drug-likeness (QED) is 0.594. The Morgan fingerprint density at radius 1 is 2.00 bits per heavy atom. The second-order valence-corrected chi connectivity index (χ2v) is 1.83. The number of alkyl halides is 1. The zero-order valence-corrected chi connectivity index (χ0v) is 5.76. The summed E-state index contributed by atoms with van der Waals surface area (Å²) >= 11 is 6.60. The van der Waals surface area contributed by atoms with Crippen molar-refractivity contribution in [3.05, 3.63) is 0 Å². The van der Waals surface area contributed by atoms with Crippen molar-refractivity contribution in [1.29, 1.82) is 0 Å². The molecule has 0 aromatic heterocycles. The van der Waals surface area contributed by atoms with Crippen LogP contribution in [-0.4, -0.2) is 10.3 Å². The van der Waals surface area contributed by atoms with Gasteiger partial charge in [0.2, 0.25) is 0 Å². The van der Waals surface area contributed by atoms with Gasteiger partial charge in [-0.2, -0.15) is 0 Å². The van der Waals surface area contributed by atoms with Gasteiger partial charge in [-0.3, -0.25) is 0 Å². The van der Waals surface area contributed by atoms with Crippen molar-refractivity contribution in [2.24, 2.45) is 0 Å². The van der Waals surface area contributed by atoms with E-state index in [4.69, 9.17) is 11.6 Å². The fourth-order valence-electron chi connectivity index (χ4n) is 0. The van der Waals surface area contributed by atoms with Crippen LogP contribution in [0.4, 0.5) is 0 Å². The molecule has 0 atom stereocenters. The van der Waals surface area contributed by atoms with Crippen molar-refractivity contribution >= 4 is 16.0 Å². The summed E-state index contributed by atoms with van der Waals surface area (Å²) in [6, 6.07) is 0. The van der Waals surface area contributed by atoms with Crippen LogP contribution in [0, 0.1) is 0 Å². The van der Waals surface area contributed by atoms with Crippen LogP contribution < -0.4 is 0 Å². The Labute approximate surface area is 41.6 Å². The molecule has 0 aliphatic heterocycles. The standard InChI is InChI=1S/C2H3Cl.W/c1-2-3;/h1H,2H2;. The van der Waals surface area contributed by atoms with E-state index in [2.05, 4.69) is 0 Å². The molecule has 0 bridgehead atoms. The molecule has 0 aromatic carbocycles. The molecule has 0 spiro atoms. The van der Waals surface area contributed by atoms with Crippen LogP contribution in [0.1, 0.15) is 0 Å². The van der Waals surface area contributed by atoms with E-state index in [-0.39, 0.29) is 0 Å². The minimum absolute atomic E-state index is 0.704. The molecular weight excluding hydrogens is 243 g/mol. The van der Waals surface area contributed by atoms with Gasteiger partial charge in [0.25, 0.3) is 0 Å². The first-order chi connectivity index (χ1) is 1.91. The SMILES string of the molecule is ClC[CH]=[W]. The summed E-state index contributed by atoms with van der Waals surface area (Å²) in [4.78, 5) is 0.